The van der Waals surface area contributed by atoms with Crippen LogP contribution in [0.3, 0.4) is 0 Å². The van der Waals surface area contributed by atoms with Gasteiger partial charge in [-0.1, -0.05) is 12.1 Å². The molecule has 1 aliphatic rings. The van der Waals surface area contributed by atoms with Gasteiger partial charge in [-0.2, -0.15) is 0 Å². The minimum Gasteiger partial charge on any atom is -0.478 e. The second-order valence-corrected chi connectivity index (χ2v) is 4.65. The number of carbonyl (C=O) groups excluding carboxylic acids is 1. The zero-order valence-corrected chi connectivity index (χ0v) is 10.7. The van der Waals surface area contributed by atoms with E-state index in [2.05, 4.69) is 0 Å². The van der Waals surface area contributed by atoms with E-state index in [1.54, 1.807) is 24.3 Å². The number of carboxylic acid groups (broad SMARTS) is 1. The fraction of sp³-hybridized carbons (Fsp3) is 0.333. The average molecular weight is 259 g/mol. The maximum absolute atomic E-state index is 12.3. The lowest BCUT2D eigenvalue weighted by Crippen LogP contribution is -2.35. The Morgan fingerprint density at radius 3 is 2.58 bits per heavy atom. The van der Waals surface area contributed by atoms with Gasteiger partial charge >= 0.3 is 5.97 Å². The molecule has 1 saturated heterocycles. The Morgan fingerprint density at radius 2 is 1.89 bits per heavy atom. The van der Waals surface area contributed by atoms with Crippen LogP contribution < -0.4 is 0 Å². The van der Waals surface area contributed by atoms with Crippen LogP contribution in [-0.4, -0.2) is 35.0 Å². The number of carboxylic acids is 1. The Morgan fingerprint density at radius 1 is 1.16 bits per heavy atom. The highest BCUT2D eigenvalue weighted by Gasteiger charge is 2.17. The van der Waals surface area contributed by atoms with E-state index in [0.717, 1.165) is 37.6 Å². The van der Waals surface area contributed by atoms with Crippen LogP contribution in [0.5, 0.6) is 0 Å². The lowest BCUT2D eigenvalue weighted by Gasteiger charge is -2.26. The monoisotopic (exact) mass is 259 g/mol. The molecule has 19 heavy (non-hydrogen) atoms. The third-order valence-electron chi connectivity index (χ3n) is 3.20. The first-order valence-electron chi connectivity index (χ1n) is 6.47. The highest BCUT2D eigenvalue weighted by atomic mass is 16.4. The van der Waals surface area contributed by atoms with Crippen LogP contribution in [-0.2, 0) is 4.79 Å². The largest absolute Gasteiger partial charge is 0.478 e. The second kappa shape index (κ2) is 6.18. The molecule has 1 heterocycles. The molecular weight excluding hydrogens is 242 g/mol. The molecule has 0 unspecified atom stereocenters. The summed E-state index contributed by atoms with van der Waals surface area (Å²) in [5.74, 6) is -0.960. The Kier molecular flexibility index (Phi) is 4.34. The van der Waals surface area contributed by atoms with Crippen LogP contribution in [0.15, 0.2) is 30.3 Å². The van der Waals surface area contributed by atoms with Crippen molar-refractivity contribution in [1.82, 2.24) is 4.90 Å². The number of hydrogen-bond acceptors (Lipinski definition) is 2. The average Bonchev–Trinajstić information content (AvgIpc) is 2.45. The first-order chi connectivity index (χ1) is 9.16. The minimum atomic E-state index is -0.993. The van der Waals surface area contributed by atoms with Crippen LogP contribution in [0, 0.1) is 0 Å². The van der Waals surface area contributed by atoms with E-state index in [1.807, 2.05) is 4.90 Å². The summed E-state index contributed by atoms with van der Waals surface area (Å²) >= 11 is 0. The summed E-state index contributed by atoms with van der Waals surface area (Å²) in [4.78, 5) is 24.6. The molecule has 2 rings (SSSR count). The highest BCUT2D eigenvalue weighted by Crippen LogP contribution is 2.14. The lowest BCUT2D eigenvalue weighted by molar-refractivity contribution is -0.131. The summed E-state index contributed by atoms with van der Waals surface area (Å²) in [5.41, 5.74) is 1.35. The molecule has 0 radical (unpaired) electrons. The van der Waals surface area contributed by atoms with Gasteiger partial charge < -0.3 is 10.0 Å². The summed E-state index contributed by atoms with van der Waals surface area (Å²) in [5, 5.41) is 8.60. The Hall–Kier alpha value is -2.10. The van der Waals surface area contributed by atoms with Gasteiger partial charge in [-0.25, -0.2) is 4.79 Å². The smallest absolute Gasteiger partial charge is 0.328 e. The Bertz CT molecular complexity index is 502. The highest BCUT2D eigenvalue weighted by molar-refractivity contribution is 5.95. The van der Waals surface area contributed by atoms with Crippen molar-refractivity contribution in [2.24, 2.45) is 0 Å². The number of benzene rings is 1. The predicted molar refractivity (Wildman–Crippen MR) is 72.9 cm³/mol. The second-order valence-electron chi connectivity index (χ2n) is 4.65. The zero-order chi connectivity index (χ0) is 13.7. The van der Waals surface area contributed by atoms with Gasteiger partial charge in [0.1, 0.15) is 0 Å². The molecule has 0 saturated carbocycles. The molecule has 1 aromatic rings. The third kappa shape index (κ3) is 3.68. The number of hydrogen-bond donors (Lipinski definition) is 1. The number of aliphatic carboxylic acids is 1. The van der Waals surface area contributed by atoms with E-state index in [1.165, 1.54) is 12.5 Å². The van der Waals surface area contributed by atoms with Crippen molar-refractivity contribution in [3.05, 3.63) is 41.5 Å². The number of rotatable bonds is 3. The molecule has 0 spiro atoms. The standard InChI is InChI=1S/C15H17NO3/c17-14(18)8-7-12-5-4-6-13(11-12)15(19)16-9-2-1-3-10-16/h4-8,11H,1-3,9-10H2,(H,17,18)/b8-7+. The molecule has 100 valence electrons. The van der Waals surface area contributed by atoms with Gasteiger partial charge in [0.25, 0.3) is 5.91 Å². The van der Waals surface area contributed by atoms with Gasteiger partial charge in [0.05, 0.1) is 0 Å². The first-order valence-corrected chi connectivity index (χ1v) is 6.47. The van der Waals surface area contributed by atoms with E-state index < -0.39 is 5.97 Å². The molecule has 1 N–H and O–H groups in total. The van der Waals surface area contributed by atoms with Gasteiger partial charge in [-0.3, -0.25) is 4.79 Å². The predicted octanol–water partition coefficient (Wildman–Crippen LogP) is 2.41. The molecule has 4 heteroatoms. The molecule has 1 aliphatic heterocycles. The van der Waals surface area contributed by atoms with Crippen molar-refractivity contribution < 1.29 is 14.7 Å². The molecule has 1 aromatic carbocycles. The molecule has 1 amide bonds. The maximum Gasteiger partial charge on any atom is 0.328 e. The topological polar surface area (TPSA) is 57.6 Å². The SMILES string of the molecule is O=C(O)/C=C/c1cccc(C(=O)N2CCCCC2)c1. The summed E-state index contributed by atoms with van der Waals surface area (Å²) in [6.45, 7) is 1.63. The van der Waals surface area contributed by atoms with Crippen LogP contribution >= 0.6 is 0 Å². The molecule has 0 atom stereocenters. The quantitative estimate of drug-likeness (QED) is 0.848. The summed E-state index contributed by atoms with van der Waals surface area (Å²) in [6.07, 6.45) is 5.87. The van der Waals surface area contributed by atoms with Crippen LogP contribution in [0.1, 0.15) is 35.2 Å². The van der Waals surface area contributed by atoms with Gasteiger partial charge in [0.2, 0.25) is 0 Å². The van der Waals surface area contributed by atoms with E-state index in [9.17, 15) is 9.59 Å². The summed E-state index contributed by atoms with van der Waals surface area (Å²) < 4.78 is 0. The zero-order valence-electron chi connectivity index (χ0n) is 10.7. The molecule has 1 fully saturated rings. The minimum absolute atomic E-state index is 0.0327. The van der Waals surface area contributed by atoms with Gasteiger partial charge in [0, 0.05) is 24.7 Å². The molecule has 0 aliphatic carbocycles. The number of carbonyl (C=O) groups is 2. The van der Waals surface area contributed by atoms with E-state index in [4.69, 9.17) is 5.11 Å². The maximum atomic E-state index is 12.3. The molecule has 0 aromatic heterocycles. The van der Waals surface area contributed by atoms with Gasteiger partial charge in [0.15, 0.2) is 0 Å². The van der Waals surface area contributed by atoms with Gasteiger partial charge in [-0.15, -0.1) is 0 Å². The van der Waals surface area contributed by atoms with Crippen LogP contribution in [0.4, 0.5) is 0 Å². The van der Waals surface area contributed by atoms with Crippen molar-refractivity contribution in [3.63, 3.8) is 0 Å². The van der Waals surface area contributed by atoms with Crippen LogP contribution in [0.25, 0.3) is 6.08 Å². The molecule has 0 bridgehead atoms. The first kappa shape index (κ1) is 13.3. The summed E-state index contributed by atoms with van der Waals surface area (Å²) in [6, 6.07) is 7.07. The summed E-state index contributed by atoms with van der Waals surface area (Å²) in [7, 11) is 0. The number of nitrogens with zero attached hydrogens (tertiary/aromatic N) is 1. The fourth-order valence-electron chi connectivity index (χ4n) is 2.22. The van der Waals surface area contributed by atoms with Crippen molar-refractivity contribution in [3.8, 4) is 0 Å². The fourth-order valence-corrected chi connectivity index (χ4v) is 2.22. The van der Waals surface area contributed by atoms with E-state index >= 15 is 0 Å². The van der Waals surface area contributed by atoms with Crippen molar-refractivity contribution >= 4 is 18.0 Å². The molecular formula is C15H17NO3. The van der Waals surface area contributed by atoms with Crippen molar-refractivity contribution in [2.45, 2.75) is 19.3 Å². The van der Waals surface area contributed by atoms with E-state index in [0.29, 0.717) is 5.56 Å². The van der Waals surface area contributed by atoms with Crippen molar-refractivity contribution in [2.75, 3.05) is 13.1 Å². The van der Waals surface area contributed by atoms with E-state index in [-0.39, 0.29) is 5.91 Å². The lowest BCUT2D eigenvalue weighted by atomic mass is 10.1. The normalized spacial score (nSPS) is 15.7. The molecule has 4 nitrogen and oxygen atoms in total. The Balaban J connectivity index is 2.13. The number of likely N-dealkylation sites (tertiary alicyclic amines) is 1. The third-order valence-corrected chi connectivity index (χ3v) is 3.20. The van der Waals surface area contributed by atoms with Crippen LogP contribution in [0.2, 0.25) is 0 Å². The Labute approximate surface area is 112 Å². The number of amides is 1. The number of piperidine rings is 1. The van der Waals surface area contributed by atoms with Crippen molar-refractivity contribution in [1.29, 1.82) is 0 Å². The van der Waals surface area contributed by atoms with Gasteiger partial charge in [-0.05, 0) is 43.0 Å².